The summed E-state index contributed by atoms with van der Waals surface area (Å²) in [5.74, 6) is 1.02. The van der Waals surface area contributed by atoms with Gasteiger partial charge < -0.3 is 0 Å². The lowest BCUT2D eigenvalue weighted by Gasteiger charge is -2.27. The summed E-state index contributed by atoms with van der Waals surface area (Å²) in [5.41, 5.74) is 2.49. The van der Waals surface area contributed by atoms with E-state index < -0.39 is 0 Å². The maximum Gasteiger partial charge on any atom is 0.0206 e. The van der Waals surface area contributed by atoms with Gasteiger partial charge in [0.15, 0.2) is 0 Å². The molecule has 142 valence electrons. The van der Waals surface area contributed by atoms with Gasteiger partial charge in [-0.05, 0) is 49.2 Å². The van der Waals surface area contributed by atoms with Crippen LogP contribution in [-0.2, 0) is 0 Å². The summed E-state index contributed by atoms with van der Waals surface area (Å²) in [4.78, 5) is 3.90. The first-order chi connectivity index (χ1) is 12.7. The Morgan fingerprint density at radius 2 is 1.77 bits per heavy atom. The van der Waals surface area contributed by atoms with Crippen LogP contribution >= 0.6 is 11.8 Å². The first kappa shape index (κ1) is 22.5. The van der Waals surface area contributed by atoms with Crippen molar-refractivity contribution >= 4 is 11.8 Å². The van der Waals surface area contributed by atoms with Crippen LogP contribution in [0.2, 0.25) is 0 Å². The molecule has 0 bridgehead atoms. The smallest absolute Gasteiger partial charge is 0.0206 e. The zero-order valence-electron chi connectivity index (χ0n) is 16.6. The van der Waals surface area contributed by atoms with Crippen LogP contribution in [0.4, 0.5) is 0 Å². The fraction of sp³-hybridized carbons (Fsp3) is 0.417. The minimum Gasteiger partial charge on any atom is -0.299 e. The van der Waals surface area contributed by atoms with Gasteiger partial charge in [-0.2, -0.15) is 0 Å². The van der Waals surface area contributed by atoms with Crippen molar-refractivity contribution in [2.45, 2.75) is 44.4 Å². The maximum atomic E-state index is 4.14. The number of thioether (sulfide) groups is 1. The molecule has 0 unspecified atom stereocenters. The summed E-state index contributed by atoms with van der Waals surface area (Å²) >= 11 is 1.90. The van der Waals surface area contributed by atoms with Crippen molar-refractivity contribution in [3.63, 3.8) is 0 Å². The molecule has 1 aliphatic rings. The second kappa shape index (κ2) is 14.6. The van der Waals surface area contributed by atoms with Crippen LogP contribution < -0.4 is 0 Å². The zero-order valence-corrected chi connectivity index (χ0v) is 17.4. The van der Waals surface area contributed by atoms with E-state index in [1.54, 1.807) is 6.08 Å². The van der Waals surface area contributed by atoms with Gasteiger partial charge in [0.2, 0.25) is 0 Å². The molecule has 0 aliphatic carbocycles. The topological polar surface area (TPSA) is 3.24 Å². The Morgan fingerprint density at radius 1 is 1.12 bits per heavy atom. The fourth-order valence-electron chi connectivity index (χ4n) is 2.73. The van der Waals surface area contributed by atoms with Crippen LogP contribution in [-0.4, -0.2) is 30.3 Å². The van der Waals surface area contributed by atoms with Crippen molar-refractivity contribution in [1.29, 1.82) is 0 Å². The standard InChI is InChI=1S/C21H27NS.C3H8/c1-3-4-11-19(2)16-20(17-22-14-9-6-10-15-22)18-23-21-12-7-5-8-13-21;1-3-2/h3-5,7-8,11-13,16H,1-2,6,9-10,14-15,17-18H2;3H2,1-2H3/b11-4-,20-16-;. The van der Waals surface area contributed by atoms with Gasteiger partial charge in [0, 0.05) is 17.2 Å². The average molecular weight is 370 g/mol. The predicted molar refractivity (Wildman–Crippen MR) is 120 cm³/mol. The minimum absolute atomic E-state index is 1.02. The third-order valence-corrected chi connectivity index (χ3v) is 5.00. The number of benzene rings is 1. The lowest BCUT2D eigenvalue weighted by molar-refractivity contribution is 0.247. The number of nitrogens with zero attached hydrogens (tertiary/aromatic N) is 1. The van der Waals surface area contributed by atoms with Crippen LogP contribution in [0.5, 0.6) is 0 Å². The largest absolute Gasteiger partial charge is 0.299 e. The molecular formula is C24H35NS. The van der Waals surface area contributed by atoms with Crippen molar-refractivity contribution in [3.05, 3.63) is 78.9 Å². The first-order valence-corrected chi connectivity index (χ1v) is 10.8. The van der Waals surface area contributed by atoms with Gasteiger partial charge in [0.05, 0.1) is 0 Å². The highest BCUT2D eigenvalue weighted by Gasteiger charge is 2.12. The highest BCUT2D eigenvalue weighted by Crippen LogP contribution is 2.22. The molecule has 0 saturated carbocycles. The Bertz CT molecular complexity index is 565. The first-order valence-electron chi connectivity index (χ1n) is 9.77. The van der Waals surface area contributed by atoms with Gasteiger partial charge >= 0.3 is 0 Å². The normalized spacial score (nSPS) is 15.4. The van der Waals surface area contributed by atoms with Crippen molar-refractivity contribution in [3.8, 4) is 0 Å². The van der Waals surface area contributed by atoms with Crippen LogP contribution in [0.3, 0.4) is 0 Å². The molecule has 26 heavy (non-hydrogen) atoms. The van der Waals surface area contributed by atoms with Gasteiger partial charge in [0.25, 0.3) is 0 Å². The van der Waals surface area contributed by atoms with Gasteiger partial charge in [-0.1, -0.05) is 82.4 Å². The molecule has 2 heteroatoms. The zero-order chi connectivity index (χ0) is 19.0. The van der Waals surface area contributed by atoms with Crippen molar-refractivity contribution in [1.82, 2.24) is 4.90 Å². The van der Waals surface area contributed by atoms with E-state index in [1.165, 1.54) is 49.2 Å². The minimum atomic E-state index is 1.02. The summed E-state index contributed by atoms with van der Waals surface area (Å²) in [6, 6.07) is 10.6. The molecule has 0 atom stereocenters. The van der Waals surface area contributed by atoms with Gasteiger partial charge in [0.1, 0.15) is 0 Å². The second-order valence-corrected chi connectivity index (χ2v) is 7.67. The number of likely N-dealkylation sites (tertiary alicyclic amines) is 1. The summed E-state index contributed by atoms with van der Waals surface area (Å²) in [7, 11) is 0. The molecule has 1 aromatic rings. The summed E-state index contributed by atoms with van der Waals surface area (Å²) < 4.78 is 0. The Hall–Kier alpha value is -1.51. The molecule has 0 amide bonds. The van der Waals surface area contributed by atoms with E-state index in [0.717, 1.165) is 17.9 Å². The van der Waals surface area contributed by atoms with Gasteiger partial charge in [-0.3, -0.25) is 4.90 Å². The molecule has 0 spiro atoms. The monoisotopic (exact) mass is 369 g/mol. The quantitative estimate of drug-likeness (QED) is 0.362. The summed E-state index contributed by atoms with van der Waals surface area (Å²) in [6.07, 6.45) is 13.3. The molecule has 0 aromatic heterocycles. The number of piperidine rings is 1. The molecule has 1 nitrogen and oxygen atoms in total. The van der Waals surface area contributed by atoms with Crippen LogP contribution in [0, 0.1) is 0 Å². The van der Waals surface area contributed by atoms with Gasteiger partial charge in [-0.15, -0.1) is 11.8 Å². The van der Waals surface area contributed by atoms with E-state index in [2.05, 4.69) is 68.3 Å². The lowest BCUT2D eigenvalue weighted by atomic mass is 10.1. The third-order valence-electron chi connectivity index (χ3n) is 3.88. The van der Waals surface area contributed by atoms with E-state index in [9.17, 15) is 0 Å². The maximum absolute atomic E-state index is 4.14. The van der Waals surface area contributed by atoms with E-state index in [-0.39, 0.29) is 0 Å². The Morgan fingerprint density at radius 3 is 2.38 bits per heavy atom. The van der Waals surface area contributed by atoms with Crippen LogP contribution in [0.25, 0.3) is 0 Å². The van der Waals surface area contributed by atoms with Gasteiger partial charge in [-0.25, -0.2) is 0 Å². The van der Waals surface area contributed by atoms with E-state index in [0.29, 0.717) is 0 Å². The predicted octanol–water partition coefficient (Wildman–Crippen LogP) is 6.91. The Kier molecular flexibility index (Phi) is 12.7. The number of rotatable bonds is 8. The van der Waals surface area contributed by atoms with Crippen molar-refractivity contribution in [2.75, 3.05) is 25.4 Å². The number of hydrogen-bond acceptors (Lipinski definition) is 2. The van der Waals surface area contributed by atoms with E-state index in [1.807, 2.05) is 23.9 Å². The molecule has 1 aromatic carbocycles. The third kappa shape index (κ3) is 10.5. The fourth-order valence-corrected chi connectivity index (χ4v) is 3.61. The molecule has 2 rings (SSSR count). The molecule has 1 fully saturated rings. The van der Waals surface area contributed by atoms with Crippen LogP contribution in [0.1, 0.15) is 39.5 Å². The average Bonchev–Trinajstić information content (AvgIpc) is 2.67. The molecule has 1 saturated heterocycles. The molecule has 0 N–H and O–H groups in total. The van der Waals surface area contributed by atoms with Crippen molar-refractivity contribution in [2.24, 2.45) is 0 Å². The highest BCUT2D eigenvalue weighted by molar-refractivity contribution is 7.99. The van der Waals surface area contributed by atoms with Crippen molar-refractivity contribution < 1.29 is 0 Å². The lowest BCUT2D eigenvalue weighted by Crippen LogP contribution is -2.31. The second-order valence-electron chi connectivity index (χ2n) is 6.62. The molecular weight excluding hydrogens is 334 g/mol. The highest BCUT2D eigenvalue weighted by atomic mass is 32.2. The van der Waals surface area contributed by atoms with E-state index in [4.69, 9.17) is 0 Å². The SMILES string of the molecule is C=C/C=C\C(=C)/C=C(\CSc1ccccc1)CN1CCCCC1.CCC. The Balaban J connectivity index is 0.00000105. The molecule has 0 radical (unpaired) electrons. The summed E-state index contributed by atoms with van der Waals surface area (Å²) in [6.45, 7) is 15.6. The number of allylic oxidation sites excluding steroid dienone is 5. The van der Waals surface area contributed by atoms with E-state index >= 15 is 0 Å². The molecule has 1 heterocycles. The molecule has 1 aliphatic heterocycles. The number of hydrogen-bond donors (Lipinski definition) is 0. The summed E-state index contributed by atoms with van der Waals surface area (Å²) in [5, 5.41) is 0. The van der Waals surface area contributed by atoms with Crippen LogP contribution in [0.15, 0.2) is 83.8 Å². The Labute approximate surface area is 165 Å².